The first kappa shape index (κ1) is 19.5. The molecule has 0 radical (unpaired) electrons. The Kier molecular flexibility index (Phi) is 6.55. The van der Waals surface area contributed by atoms with Gasteiger partial charge in [0.25, 0.3) is 0 Å². The Morgan fingerprint density at radius 2 is 2.00 bits per heavy atom. The number of nitrogens with zero attached hydrogens (tertiary/aromatic N) is 2. The summed E-state index contributed by atoms with van der Waals surface area (Å²) in [5, 5.41) is 11.5. The van der Waals surface area contributed by atoms with E-state index in [-0.39, 0.29) is 23.3 Å². The highest BCUT2D eigenvalue weighted by Gasteiger charge is 2.35. The van der Waals surface area contributed by atoms with E-state index in [9.17, 15) is 10.1 Å². The third kappa shape index (κ3) is 4.53. The number of morpholine rings is 1. The van der Waals surface area contributed by atoms with Crippen LogP contribution in [0.4, 0.5) is 0 Å². The lowest BCUT2D eigenvalue weighted by Crippen LogP contribution is -2.40. The van der Waals surface area contributed by atoms with Crippen molar-refractivity contribution in [3.05, 3.63) is 45.6 Å². The molecular formula is C20H28N2O5. The Morgan fingerprint density at radius 1 is 1.26 bits per heavy atom. The van der Waals surface area contributed by atoms with Gasteiger partial charge in [0, 0.05) is 29.6 Å². The highest BCUT2D eigenvalue weighted by molar-refractivity contribution is 5.44. The molecule has 7 heteroatoms. The van der Waals surface area contributed by atoms with Gasteiger partial charge in [-0.1, -0.05) is 12.1 Å². The van der Waals surface area contributed by atoms with Crippen LogP contribution in [0.1, 0.15) is 30.7 Å². The van der Waals surface area contributed by atoms with Crippen LogP contribution in [0.5, 0.6) is 11.5 Å². The third-order valence-electron chi connectivity index (χ3n) is 5.50. The predicted molar refractivity (Wildman–Crippen MR) is 102 cm³/mol. The Balaban J connectivity index is 1.94. The average molecular weight is 376 g/mol. The number of ether oxygens (including phenoxy) is 3. The molecule has 0 amide bonds. The van der Waals surface area contributed by atoms with Crippen molar-refractivity contribution in [2.24, 2.45) is 5.92 Å². The van der Waals surface area contributed by atoms with Crippen LogP contribution in [0.2, 0.25) is 0 Å². The molecule has 0 saturated carbocycles. The third-order valence-corrected chi connectivity index (χ3v) is 5.50. The molecule has 1 aromatic rings. The maximum Gasteiger partial charge on any atom is 0.211 e. The number of benzene rings is 1. The van der Waals surface area contributed by atoms with Crippen LogP contribution >= 0.6 is 0 Å². The summed E-state index contributed by atoms with van der Waals surface area (Å²) >= 11 is 0. The number of methoxy groups -OCH3 is 2. The number of nitro groups is 1. The molecular weight excluding hydrogens is 348 g/mol. The molecule has 1 heterocycles. The van der Waals surface area contributed by atoms with Crippen molar-refractivity contribution in [1.29, 1.82) is 0 Å². The van der Waals surface area contributed by atoms with Crippen molar-refractivity contribution in [2.45, 2.75) is 25.2 Å². The first-order valence-corrected chi connectivity index (χ1v) is 9.50. The molecule has 27 heavy (non-hydrogen) atoms. The Bertz CT molecular complexity index is 685. The SMILES string of the molecule is COc1ccc(C(C[N+](=O)[O-])C2CCCC=C2N2CCOCC2)cc1OC. The van der Waals surface area contributed by atoms with E-state index in [4.69, 9.17) is 14.2 Å². The maximum atomic E-state index is 11.5. The summed E-state index contributed by atoms with van der Waals surface area (Å²) in [7, 11) is 3.18. The minimum absolute atomic E-state index is 0.0954. The van der Waals surface area contributed by atoms with Gasteiger partial charge in [-0.3, -0.25) is 10.1 Å². The first-order valence-electron chi connectivity index (χ1n) is 9.50. The summed E-state index contributed by atoms with van der Waals surface area (Å²) in [6.45, 7) is 3.02. The number of rotatable bonds is 7. The van der Waals surface area contributed by atoms with E-state index in [0.29, 0.717) is 24.7 Å². The van der Waals surface area contributed by atoms with Crippen molar-refractivity contribution >= 4 is 0 Å². The van der Waals surface area contributed by atoms with Crippen LogP contribution in [0.15, 0.2) is 30.0 Å². The van der Waals surface area contributed by atoms with E-state index in [2.05, 4.69) is 11.0 Å². The summed E-state index contributed by atoms with van der Waals surface area (Å²) in [6.07, 6.45) is 5.31. The fourth-order valence-corrected chi connectivity index (χ4v) is 4.19. The lowest BCUT2D eigenvalue weighted by atomic mass is 9.77. The molecule has 2 aliphatic rings. The van der Waals surface area contributed by atoms with E-state index in [0.717, 1.165) is 37.9 Å². The van der Waals surface area contributed by atoms with E-state index in [1.165, 1.54) is 5.70 Å². The highest BCUT2D eigenvalue weighted by Crippen LogP contribution is 2.41. The highest BCUT2D eigenvalue weighted by atomic mass is 16.6. The zero-order valence-corrected chi connectivity index (χ0v) is 16.1. The predicted octanol–water partition coefficient (Wildman–Crippen LogP) is 3.08. The van der Waals surface area contributed by atoms with Crippen molar-refractivity contribution in [3.63, 3.8) is 0 Å². The number of hydrogen-bond donors (Lipinski definition) is 0. The molecule has 1 aromatic carbocycles. The molecule has 0 bridgehead atoms. The standard InChI is InChI=1S/C20H28N2O5/c1-25-19-8-7-15(13-20(19)26-2)17(14-22(23)24)16-5-3-4-6-18(16)21-9-11-27-12-10-21/h6-8,13,16-17H,3-5,9-12,14H2,1-2H3. The monoisotopic (exact) mass is 376 g/mol. The van der Waals surface area contributed by atoms with E-state index >= 15 is 0 Å². The molecule has 2 atom stereocenters. The second-order valence-corrected chi connectivity index (χ2v) is 7.00. The van der Waals surface area contributed by atoms with Gasteiger partial charge in [0.15, 0.2) is 11.5 Å². The number of allylic oxidation sites excluding steroid dienone is 2. The van der Waals surface area contributed by atoms with Crippen molar-refractivity contribution in [1.82, 2.24) is 4.90 Å². The fraction of sp³-hybridized carbons (Fsp3) is 0.600. The quantitative estimate of drug-likeness (QED) is 0.538. The lowest BCUT2D eigenvalue weighted by molar-refractivity contribution is -0.484. The van der Waals surface area contributed by atoms with Gasteiger partial charge in [-0.05, 0) is 37.0 Å². The van der Waals surface area contributed by atoms with Gasteiger partial charge in [-0.25, -0.2) is 0 Å². The molecule has 0 N–H and O–H groups in total. The lowest BCUT2D eigenvalue weighted by Gasteiger charge is -2.39. The van der Waals surface area contributed by atoms with Crippen LogP contribution in [0, 0.1) is 16.0 Å². The summed E-state index contributed by atoms with van der Waals surface area (Å²) < 4.78 is 16.2. The number of hydrogen-bond acceptors (Lipinski definition) is 6. The Hall–Kier alpha value is -2.28. The molecule has 1 aliphatic heterocycles. The van der Waals surface area contributed by atoms with Crippen LogP contribution in [0.3, 0.4) is 0 Å². The van der Waals surface area contributed by atoms with Crippen LogP contribution in [0.25, 0.3) is 0 Å². The van der Waals surface area contributed by atoms with Crippen LogP contribution in [-0.4, -0.2) is 56.9 Å². The van der Waals surface area contributed by atoms with Crippen LogP contribution < -0.4 is 9.47 Å². The summed E-state index contributed by atoms with van der Waals surface area (Å²) in [4.78, 5) is 13.6. The molecule has 148 valence electrons. The van der Waals surface area contributed by atoms with Crippen molar-refractivity contribution in [2.75, 3.05) is 47.1 Å². The fourth-order valence-electron chi connectivity index (χ4n) is 4.19. The summed E-state index contributed by atoms with van der Waals surface area (Å²) in [5.74, 6) is 1.17. The maximum absolute atomic E-state index is 11.5. The van der Waals surface area contributed by atoms with Gasteiger partial charge >= 0.3 is 0 Å². The second kappa shape index (κ2) is 9.08. The molecule has 2 unspecified atom stereocenters. The summed E-state index contributed by atoms with van der Waals surface area (Å²) in [5.41, 5.74) is 2.17. The van der Waals surface area contributed by atoms with E-state index in [1.54, 1.807) is 14.2 Å². The van der Waals surface area contributed by atoms with Crippen molar-refractivity contribution < 1.29 is 19.1 Å². The van der Waals surface area contributed by atoms with E-state index < -0.39 is 0 Å². The zero-order chi connectivity index (χ0) is 19.2. The topological polar surface area (TPSA) is 74.1 Å². The van der Waals surface area contributed by atoms with Gasteiger partial charge in [0.2, 0.25) is 6.54 Å². The molecule has 1 fully saturated rings. The average Bonchev–Trinajstić information content (AvgIpc) is 2.72. The van der Waals surface area contributed by atoms with Gasteiger partial charge in [0.05, 0.1) is 33.4 Å². The van der Waals surface area contributed by atoms with Gasteiger partial charge in [0.1, 0.15) is 0 Å². The molecule has 1 saturated heterocycles. The zero-order valence-electron chi connectivity index (χ0n) is 16.1. The largest absolute Gasteiger partial charge is 0.493 e. The molecule has 3 rings (SSSR count). The molecule has 1 aliphatic carbocycles. The Morgan fingerprint density at radius 3 is 2.67 bits per heavy atom. The molecule has 0 spiro atoms. The van der Waals surface area contributed by atoms with Crippen LogP contribution in [-0.2, 0) is 4.74 Å². The minimum Gasteiger partial charge on any atom is -0.493 e. The normalized spacial score (nSPS) is 21.3. The smallest absolute Gasteiger partial charge is 0.211 e. The first-order chi connectivity index (χ1) is 13.1. The minimum atomic E-state index is -0.201. The van der Waals surface area contributed by atoms with Gasteiger partial charge in [-0.15, -0.1) is 0 Å². The molecule has 7 nitrogen and oxygen atoms in total. The van der Waals surface area contributed by atoms with E-state index in [1.807, 2.05) is 18.2 Å². The second-order valence-electron chi connectivity index (χ2n) is 7.00. The summed E-state index contributed by atoms with van der Waals surface area (Å²) in [6, 6.07) is 5.65. The Labute approximate surface area is 160 Å². The van der Waals surface area contributed by atoms with Gasteiger partial charge in [-0.2, -0.15) is 0 Å². The van der Waals surface area contributed by atoms with Gasteiger partial charge < -0.3 is 19.1 Å². The molecule has 0 aromatic heterocycles. The van der Waals surface area contributed by atoms with Crippen molar-refractivity contribution in [3.8, 4) is 11.5 Å².